The van der Waals surface area contributed by atoms with Gasteiger partial charge in [0, 0.05) is 24.0 Å². The summed E-state index contributed by atoms with van der Waals surface area (Å²) in [5.41, 5.74) is 6.29. The second-order valence-corrected chi connectivity index (χ2v) is 9.49. The molecule has 6 heteroatoms. The first-order valence-electron chi connectivity index (χ1n) is 11.3. The lowest BCUT2D eigenvalue weighted by Crippen LogP contribution is -2.39. The van der Waals surface area contributed by atoms with Gasteiger partial charge in [-0.15, -0.1) is 0 Å². The molecule has 172 valence electrons. The summed E-state index contributed by atoms with van der Waals surface area (Å²) in [7, 11) is 3.41. The van der Waals surface area contributed by atoms with Crippen LogP contribution in [0.15, 0.2) is 59.5 Å². The van der Waals surface area contributed by atoms with Crippen LogP contribution in [0.2, 0.25) is 0 Å². The minimum Gasteiger partial charge on any atom is -0.497 e. The number of ether oxygens (including phenoxy) is 2. The van der Waals surface area contributed by atoms with Gasteiger partial charge in [-0.2, -0.15) is 0 Å². The molecule has 2 heterocycles. The zero-order chi connectivity index (χ0) is 22.9. The second kappa shape index (κ2) is 9.29. The Hall–Kier alpha value is -2.67. The molecule has 0 amide bonds. The molecule has 3 aromatic carbocycles. The summed E-state index contributed by atoms with van der Waals surface area (Å²) < 4.78 is 17.2. The van der Waals surface area contributed by atoms with E-state index in [0.29, 0.717) is 6.04 Å². The maximum atomic E-state index is 9.71. The van der Waals surface area contributed by atoms with Gasteiger partial charge < -0.3 is 18.8 Å². The van der Waals surface area contributed by atoms with Crippen molar-refractivity contribution in [3.05, 3.63) is 82.4 Å². The van der Waals surface area contributed by atoms with Gasteiger partial charge in [-0.25, -0.2) is 0 Å². The van der Waals surface area contributed by atoms with Gasteiger partial charge in [-0.05, 0) is 84.0 Å². The maximum absolute atomic E-state index is 9.71. The highest BCUT2D eigenvalue weighted by molar-refractivity contribution is 7.95. The molecular weight excluding hydrogens is 434 g/mol. The van der Waals surface area contributed by atoms with Crippen molar-refractivity contribution < 1.29 is 18.8 Å². The fourth-order valence-corrected chi connectivity index (χ4v) is 5.39. The predicted octanol–water partition coefficient (Wildman–Crippen LogP) is 5.50. The molecule has 0 spiro atoms. The molecular formula is C27H29NO4S. The van der Waals surface area contributed by atoms with Crippen molar-refractivity contribution in [2.75, 3.05) is 20.8 Å². The molecule has 0 aromatic heterocycles. The summed E-state index contributed by atoms with van der Waals surface area (Å²) in [6.07, 6.45) is 1.51. The highest BCUT2D eigenvalue weighted by Crippen LogP contribution is 2.43. The lowest BCUT2D eigenvalue weighted by atomic mass is 9.84. The van der Waals surface area contributed by atoms with Gasteiger partial charge in [-0.3, -0.25) is 4.90 Å². The fraction of sp³-hybridized carbons (Fsp3) is 0.333. The normalized spacial score (nSPS) is 18.0. The average molecular weight is 464 g/mol. The largest absolute Gasteiger partial charge is 0.497 e. The average Bonchev–Trinajstić information content (AvgIpc) is 2.85. The topological polar surface area (TPSA) is 51.2 Å². The van der Waals surface area contributed by atoms with E-state index >= 15 is 0 Å². The molecule has 0 fully saturated rings. The molecule has 5 rings (SSSR count). The Kier molecular flexibility index (Phi) is 6.23. The van der Waals surface area contributed by atoms with Crippen LogP contribution in [0.3, 0.4) is 0 Å². The highest BCUT2D eigenvalue weighted by Gasteiger charge is 2.33. The second-order valence-electron chi connectivity index (χ2n) is 8.69. The quantitative estimate of drug-likeness (QED) is 0.487. The number of hydrogen-bond donors (Lipinski definition) is 1. The van der Waals surface area contributed by atoms with Crippen molar-refractivity contribution in [2.24, 2.45) is 0 Å². The summed E-state index contributed by atoms with van der Waals surface area (Å²) in [4.78, 5) is 3.54. The number of hydrogen-bond acceptors (Lipinski definition) is 6. The molecule has 2 aliphatic rings. The van der Waals surface area contributed by atoms with Crippen molar-refractivity contribution in [3.63, 3.8) is 0 Å². The number of aliphatic hydroxyl groups excluding tert-OH is 1. The number of benzene rings is 3. The van der Waals surface area contributed by atoms with E-state index in [0.717, 1.165) is 53.6 Å². The van der Waals surface area contributed by atoms with Gasteiger partial charge in [0.25, 0.3) is 0 Å². The van der Waals surface area contributed by atoms with Crippen LogP contribution >= 0.6 is 12.0 Å². The van der Waals surface area contributed by atoms with Gasteiger partial charge in [0.2, 0.25) is 0 Å². The SMILES string of the molecule is COc1ccc2c(c1)CCN1Cc3cc(OC)c(OSc4ccc(C(C)O)cc4)cc3CC21. The summed E-state index contributed by atoms with van der Waals surface area (Å²) in [5, 5.41) is 9.71. The number of methoxy groups -OCH3 is 2. The monoisotopic (exact) mass is 463 g/mol. The Morgan fingerprint density at radius 2 is 1.73 bits per heavy atom. The van der Waals surface area contributed by atoms with E-state index in [1.54, 1.807) is 21.1 Å². The molecule has 1 N–H and O–H groups in total. The first kappa shape index (κ1) is 22.1. The molecule has 3 aromatic rings. The van der Waals surface area contributed by atoms with Crippen molar-refractivity contribution in [3.8, 4) is 17.2 Å². The van der Waals surface area contributed by atoms with Crippen molar-refractivity contribution in [1.29, 1.82) is 0 Å². The summed E-state index contributed by atoms with van der Waals surface area (Å²) in [5.74, 6) is 2.42. The lowest BCUT2D eigenvalue weighted by molar-refractivity contribution is 0.160. The first-order valence-corrected chi connectivity index (χ1v) is 12.0. The van der Waals surface area contributed by atoms with Crippen LogP contribution in [-0.2, 0) is 19.4 Å². The van der Waals surface area contributed by atoms with E-state index in [-0.39, 0.29) is 0 Å². The summed E-state index contributed by atoms with van der Waals surface area (Å²) in [6.45, 7) is 3.72. The number of nitrogens with zero attached hydrogens (tertiary/aromatic N) is 1. The van der Waals surface area contributed by atoms with Crippen LogP contribution in [-0.4, -0.2) is 30.8 Å². The lowest BCUT2D eigenvalue weighted by Gasteiger charge is -2.41. The predicted molar refractivity (Wildman–Crippen MR) is 130 cm³/mol. The highest BCUT2D eigenvalue weighted by atomic mass is 32.2. The molecule has 0 saturated heterocycles. The maximum Gasteiger partial charge on any atom is 0.179 e. The van der Waals surface area contributed by atoms with Crippen LogP contribution in [0.25, 0.3) is 0 Å². The van der Waals surface area contributed by atoms with Gasteiger partial charge in [0.1, 0.15) is 5.75 Å². The molecule has 0 bridgehead atoms. The minimum absolute atomic E-state index is 0.370. The molecule has 2 unspecified atom stereocenters. The van der Waals surface area contributed by atoms with Crippen molar-refractivity contribution in [2.45, 2.75) is 43.4 Å². The third kappa shape index (κ3) is 4.43. The minimum atomic E-state index is -0.476. The van der Waals surface area contributed by atoms with Crippen LogP contribution < -0.4 is 13.7 Å². The van der Waals surface area contributed by atoms with Gasteiger partial charge in [-0.1, -0.05) is 18.2 Å². The molecule has 0 aliphatic carbocycles. The smallest absolute Gasteiger partial charge is 0.179 e. The Morgan fingerprint density at radius 1 is 0.939 bits per heavy atom. The first-order chi connectivity index (χ1) is 16.1. The molecule has 2 atom stereocenters. The molecule has 2 aliphatic heterocycles. The number of aliphatic hydroxyl groups is 1. The molecule has 33 heavy (non-hydrogen) atoms. The van der Waals surface area contributed by atoms with Gasteiger partial charge in [0.05, 0.1) is 32.4 Å². The standard InChI is InChI=1S/C27H29NO4S/c1-17(29)18-4-7-23(8-5-18)33-32-27-14-20-13-25-24-9-6-22(30-2)12-19(24)10-11-28(25)16-21(20)15-26(27)31-3/h4-9,12,14-15,17,25,29H,10-11,13,16H2,1-3H3. The van der Waals surface area contributed by atoms with Crippen LogP contribution in [0, 0.1) is 0 Å². The molecule has 0 radical (unpaired) electrons. The zero-order valence-corrected chi connectivity index (χ0v) is 20.0. The van der Waals surface area contributed by atoms with Crippen molar-refractivity contribution >= 4 is 12.0 Å². The number of fused-ring (bicyclic) bond motifs is 4. The summed E-state index contributed by atoms with van der Waals surface area (Å²) in [6, 6.07) is 18.9. The third-order valence-electron chi connectivity index (χ3n) is 6.68. The Balaban J connectivity index is 1.38. The van der Waals surface area contributed by atoms with Gasteiger partial charge in [0.15, 0.2) is 11.5 Å². The molecule has 0 saturated carbocycles. The van der Waals surface area contributed by atoms with Crippen molar-refractivity contribution in [1.82, 2.24) is 4.90 Å². The number of rotatable bonds is 6. The van der Waals surface area contributed by atoms with E-state index in [1.165, 1.54) is 34.3 Å². The van der Waals surface area contributed by atoms with Crippen LogP contribution in [0.4, 0.5) is 0 Å². The van der Waals surface area contributed by atoms with E-state index in [2.05, 4.69) is 35.2 Å². The van der Waals surface area contributed by atoms with E-state index < -0.39 is 6.10 Å². The Bertz CT molecular complexity index is 1150. The summed E-state index contributed by atoms with van der Waals surface area (Å²) >= 11 is 1.30. The van der Waals surface area contributed by atoms with E-state index in [1.807, 2.05) is 24.3 Å². The van der Waals surface area contributed by atoms with Crippen LogP contribution in [0.1, 0.15) is 46.9 Å². The Morgan fingerprint density at radius 3 is 2.45 bits per heavy atom. The van der Waals surface area contributed by atoms with Crippen LogP contribution in [0.5, 0.6) is 17.2 Å². The molecule has 5 nitrogen and oxygen atoms in total. The third-order valence-corrected chi connectivity index (χ3v) is 7.41. The zero-order valence-electron chi connectivity index (χ0n) is 19.2. The Labute approximate surface area is 199 Å². The fourth-order valence-electron chi connectivity index (χ4n) is 4.82. The van der Waals surface area contributed by atoms with Gasteiger partial charge >= 0.3 is 0 Å². The van der Waals surface area contributed by atoms with E-state index in [4.69, 9.17) is 13.7 Å². The van der Waals surface area contributed by atoms with E-state index in [9.17, 15) is 5.11 Å².